The fraction of sp³-hybridized carbons (Fsp3) is 0.222. The summed E-state index contributed by atoms with van der Waals surface area (Å²) in [6.45, 7) is 0.669. The summed E-state index contributed by atoms with van der Waals surface area (Å²) in [6, 6.07) is 12.8. The van der Waals surface area contributed by atoms with Crippen LogP contribution < -0.4 is 9.47 Å². The van der Waals surface area contributed by atoms with Crippen molar-refractivity contribution in [2.24, 2.45) is 0 Å². The molecule has 1 N–H and O–H groups in total. The lowest BCUT2D eigenvalue weighted by Crippen LogP contribution is -2.26. The summed E-state index contributed by atoms with van der Waals surface area (Å²) in [7, 11) is 1.56. The average Bonchev–Trinajstić information content (AvgIpc) is 3.01. The molecular formula is C18H16O3. The molecule has 21 heavy (non-hydrogen) atoms. The molecule has 0 aromatic heterocycles. The minimum Gasteiger partial charge on any atom is -0.496 e. The van der Waals surface area contributed by atoms with Crippen molar-refractivity contribution in [1.29, 1.82) is 0 Å². The van der Waals surface area contributed by atoms with Gasteiger partial charge in [-0.05, 0) is 23.8 Å². The molecule has 1 aliphatic heterocycles. The summed E-state index contributed by atoms with van der Waals surface area (Å²) in [5.41, 5.74) is 0.758. The van der Waals surface area contributed by atoms with Crippen LogP contribution in [0.5, 0.6) is 11.5 Å². The first-order valence-corrected chi connectivity index (χ1v) is 6.79. The Morgan fingerprint density at radius 3 is 2.86 bits per heavy atom. The van der Waals surface area contributed by atoms with Crippen LogP contribution in [0, 0.1) is 12.3 Å². The lowest BCUT2D eigenvalue weighted by Gasteiger charge is -2.25. The van der Waals surface area contributed by atoms with Gasteiger partial charge in [-0.2, -0.15) is 0 Å². The molecule has 0 saturated carbocycles. The van der Waals surface area contributed by atoms with Crippen molar-refractivity contribution in [3.05, 3.63) is 59.2 Å². The molecule has 0 saturated heterocycles. The number of hydrogen-bond acceptors (Lipinski definition) is 3. The second kappa shape index (κ2) is 5.16. The summed E-state index contributed by atoms with van der Waals surface area (Å²) in [5.74, 6) is 3.94. The first kappa shape index (κ1) is 13.5. The third-order valence-corrected chi connectivity index (χ3v) is 3.81. The van der Waals surface area contributed by atoms with Crippen molar-refractivity contribution < 1.29 is 14.6 Å². The van der Waals surface area contributed by atoms with Gasteiger partial charge in [-0.3, -0.25) is 0 Å². The fourth-order valence-corrected chi connectivity index (χ4v) is 2.67. The maximum atomic E-state index is 11.0. The van der Waals surface area contributed by atoms with Crippen molar-refractivity contribution in [3.8, 4) is 23.8 Å². The zero-order valence-electron chi connectivity index (χ0n) is 11.8. The zero-order chi connectivity index (χ0) is 14.9. The Hall–Kier alpha value is -2.44. The van der Waals surface area contributed by atoms with Crippen molar-refractivity contribution in [2.75, 3.05) is 13.7 Å². The summed E-state index contributed by atoms with van der Waals surface area (Å²) < 4.78 is 10.8. The highest BCUT2D eigenvalue weighted by molar-refractivity contribution is 5.53. The van der Waals surface area contributed by atoms with Gasteiger partial charge in [0.25, 0.3) is 0 Å². The normalized spacial score (nSPS) is 15.5. The topological polar surface area (TPSA) is 38.7 Å². The molecule has 0 amide bonds. The van der Waals surface area contributed by atoms with Crippen molar-refractivity contribution >= 4 is 0 Å². The van der Waals surface area contributed by atoms with E-state index in [0.29, 0.717) is 23.5 Å². The summed E-state index contributed by atoms with van der Waals surface area (Å²) in [6.07, 6.45) is 6.48. The molecule has 1 atom stereocenters. The van der Waals surface area contributed by atoms with Gasteiger partial charge in [0.1, 0.15) is 11.5 Å². The first-order valence-electron chi connectivity index (χ1n) is 6.79. The van der Waals surface area contributed by atoms with Crippen LogP contribution in [0.25, 0.3) is 0 Å². The molecule has 1 heterocycles. The van der Waals surface area contributed by atoms with E-state index in [-0.39, 0.29) is 0 Å². The fourth-order valence-electron chi connectivity index (χ4n) is 2.67. The highest BCUT2D eigenvalue weighted by Crippen LogP contribution is 2.37. The Balaban J connectivity index is 2.14. The van der Waals surface area contributed by atoms with Crippen LogP contribution in [-0.4, -0.2) is 18.8 Å². The number of aliphatic hydroxyl groups is 1. The van der Waals surface area contributed by atoms with Crippen LogP contribution in [0.4, 0.5) is 0 Å². The summed E-state index contributed by atoms with van der Waals surface area (Å²) in [5, 5.41) is 11.0. The minimum absolute atomic E-state index is 0.564. The third kappa shape index (κ3) is 2.14. The molecule has 1 aliphatic rings. The van der Waals surface area contributed by atoms with Crippen molar-refractivity contribution in [3.63, 3.8) is 0 Å². The largest absolute Gasteiger partial charge is 0.496 e. The number of methoxy groups -OCH3 is 1. The Morgan fingerprint density at radius 2 is 2.10 bits per heavy atom. The van der Waals surface area contributed by atoms with Gasteiger partial charge >= 0.3 is 0 Å². The zero-order valence-corrected chi connectivity index (χ0v) is 11.8. The number of hydrogen-bond donors (Lipinski definition) is 1. The number of benzene rings is 2. The molecule has 3 nitrogen and oxygen atoms in total. The molecule has 3 rings (SSSR count). The number of rotatable bonds is 3. The van der Waals surface area contributed by atoms with E-state index in [9.17, 15) is 5.11 Å². The van der Waals surface area contributed by atoms with Gasteiger partial charge in [-0.15, -0.1) is 6.42 Å². The maximum absolute atomic E-state index is 11.0. The van der Waals surface area contributed by atoms with Gasteiger partial charge in [0, 0.05) is 17.5 Å². The predicted octanol–water partition coefficient (Wildman–Crippen LogP) is 2.50. The summed E-state index contributed by atoms with van der Waals surface area (Å²) in [4.78, 5) is 0. The van der Waals surface area contributed by atoms with E-state index >= 15 is 0 Å². The molecule has 1 unspecified atom stereocenters. The first-order chi connectivity index (χ1) is 10.2. The quantitative estimate of drug-likeness (QED) is 0.878. The molecule has 2 aromatic rings. The minimum atomic E-state index is -1.52. The lowest BCUT2D eigenvalue weighted by molar-refractivity contribution is 0.141. The van der Waals surface area contributed by atoms with Crippen LogP contribution in [0.2, 0.25) is 0 Å². The van der Waals surface area contributed by atoms with Gasteiger partial charge in [-0.25, -0.2) is 0 Å². The molecular weight excluding hydrogens is 264 g/mol. The van der Waals surface area contributed by atoms with Gasteiger partial charge in [0.05, 0.1) is 13.7 Å². The monoisotopic (exact) mass is 280 g/mol. The number of para-hydroxylation sites is 1. The second-order valence-electron chi connectivity index (χ2n) is 4.98. The van der Waals surface area contributed by atoms with E-state index in [1.54, 1.807) is 25.3 Å². The molecule has 2 aromatic carbocycles. The second-order valence-corrected chi connectivity index (χ2v) is 4.98. The average molecular weight is 280 g/mol. The highest BCUT2D eigenvalue weighted by atomic mass is 16.5. The van der Waals surface area contributed by atoms with E-state index < -0.39 is 5.60 Å². The maximum Gasteiger partial charge on any atom is 0.180 e. The van der Waals surface area contributed by atoms with Gasteiger partial charge in [0.15, 0.2) is 5.60 Å². The molecule has 0 spiro atoms. The van der Waals surface area contributed by atoms with Gasteiger partial charge in [0.2, 0.25) is 0 Å². The summed E-state index contributed by atoms with van der Waals surface area (Å²) >= 11 is 0. The van der Waals surface area contributed by atoms with Gasteiger partial charge < -0.3 is 14.6 Å². The van der Waals surface area contributed by atoms with Crippen molar-refractivity contribution in [2.45, 2.75) is 12.0 Å². The van der Waals surface area contributed by atoms with Crippen molar-refractivity contribution in [1.82, 2.24) is 0 Å². The van der Waals surface area contributed by atoms with Crippen LogP contribution in [0.15, 0.2) is 42.5 Å². The predicted molar refractivity (Wildman–Crippen MR) is 80.5 cm³/mol. The van der Waals surface area contributed by atoms with Crippen LogP contribution in [0.1, 0.15) is 16.7 Å². The Labute approximate surface area is 124 Å². The molecule has 0 radical (unpaired) electrons. The lowest BCUT2D eigenvalue weighted by atomic mass is 9.85. The Kier molecular flexibility index (Phi) is 3.32. The number of ether oxygens (including phenoxy) is 2. The number of terminal acetylenes is 1. The molecule has 0 bridgehead atoms. The van der Waals surface area contributed by atoms with E-state index in [1.807, 2.05) is 24.3 Å². The molecule has 106 valence electrons. The van der Waals surface area contributed by atoms with E-state index in [4.69, 9.17) is 15.9 Å². The van der Waals surface area contributed by atoms with E-state index in [0.717, 1.165) is 17.7 Å². The molecule has 0 fully saturated rings. The van der Waals surface area contributed by atoms with Crippen LogP contribution in [0.3, 0.4) is 0 Å². The third-order valence-electron chi connectivity index (χ3n) is 3.81. The Morgan fingerprint density at radius 1 is 1.29 bits per heavy atom. The van der Waals surface area contributed by atoms with Crippen LogP contribution in [-0.2, 0) is 12.0 Å². The molecule has 0 aliphatic carbocycles. The van der Waals surface area contributed by atoms with E-state index in [1.165, 1.54) is 0 Å². The Bertz CT molecular complexity index is 715. The van der Waals surface area contributed by atoms with Crippen LogP contribution >= 0.6 is 0 Å². The highest BCUT2D eigenvalue weighted by Gasteiger charge is 2.33. The smallest absolute Gasteiger partial charge is 0.180 e. The number of fused-ring (bicyclic) bond motifs is 1. The standard InChI is InChI=1S/C18H16O3/c1-3-18(19,15-6-4-5-7-17(15)20-2)14-8-9-16-13(12-14)10-11-21-16/h1,4-9,12,19H,10-11H2,2H3. The SMILES string of the molecule is C#CC(O)(c1ccc2c(c1)CCO2)c1ccccc1OC. The molecule has 3 heteroatoms. The van der Waals surface area contributed by atoms with E-state index in [2.05, 4.69) is 5.92 Å². The van der Waals surface area contributed by atoms with Gasteiger partial charge in [-0.1, -0.05) is 30.2 Å².